The highest BCUT2D eigenvalue weighted by atomic mass is 32.1. The van der Waals surface area contributed by atoms with Gasteiger partial charge in [-0.25, -0.2) is 9.97 Å². The van der Waals surface area contributed by atoms with Gasteiger partial charge in [-0.15, -0.1) is 11.3 Å². The lowest BCUT2D eigenvalue weighted by Gasteiger charge is -2.37. The molecule has 1 atom stereocenters. The molecule has 0 amide bonds. The van der Waals surface area contributed by atoms with Gasteiger partial charge >= 0.3 is 0 Å². The average molecular weight is 585 g/mol. The summed E-state index contributed by atoms with van der Waals surface area (Å²) in [5, 5.41) is 15.0. The number of nitrogen functional groups attached to an aromatic ring is 1. The van der Waals surface area contributed by atoms with Crippen molar-refractivity contribution >= 4 is 27.8 Å². The van der Waals surface area contributed by atoms with Gasteiger partial charge in [-0.05, 0) is 81.6 Å². The summed E-state index contributed by atoms with van der Waals surface area (Å²) in [5.41, 5.74) is 10.5. The van der Waals surface area contributed by atoms with Gasteiger partial charge in [0.25, 0.3) is 5.56 Å². The van der Waals surface area contributed by atoms with Crippen LogP contribution in [-0.4, -0.2) is 56.9 Å². The molecular formula is C32H40N8OS. The standard InChI is InChI=1S/C32H40N8OS/c1-20(2)16-38(5)25-9-11-39(12-10-25)17-23-7-6-8-24(13-23)29-26(14-28-40(32(29)41)21(3)18-42-28)22(4)37-31-27(15-33)30(34)35-19-36-31/h6-8,13-14,18-20,22,25H,9-12,16-17H2,1-5H3,(H3,34,35,36,37). The maximum absolute atomic E-state index is 14.1. The molecule has 4 aromatic rings. The Bertz CT molecular complexity index is 1660. The number of benzene rings is 1. The van der Waals surface area contributed by atoms with E-state index in [0.29, 0.717) is 23.3 Å². The number of hydrogen-bond acceptors (Lipinski definition) is 9. The van der Waals surface area contributed by atoms with E-state index in [1.54, 1.807) is 4.40 Å². The van der Waals surface area contributed by atoms with Crippen LogP contribution in [0.15, 0.2) is 46.8 Å². The molecule has 1 fully saturated rings. The predicted molar refractivity (Wildman–Crippen MR) is 171 cm³/mol. The van der Waals surface area contributed by atoms with Crippen LogP contribution in [0.25, 0.3) is 16.0 Å². The molecule has 42 heavy (non-hydrogen) atoms. The number of nitrogens with one attached hydrogen (secondary N) is 1. The fourth-order valence-electron chi connectivity index (χ4n) is 6.08. The van der Waals surface area contributed by atoms with Gasteiger partial charge in [0.05, 0.1) is 11.6 Å². The van der Waals surface area contributed by atoms with Crippen molar-refractivity contribution in [2.24, 2.45) is 5.92 Å². The van der Waals surface area contributed by atoms with Crippen LogP contribution in [0.5, 0.6) is 0 Å². The first-order chi connectivity index (χ1) is 20.2. The number of likely N-dealkylation sites (tertiary alicyclic amines) is 1. The maximum atomic E-state index is 14.1. The number of nitrogens with two attached hydrogens (primary N) is 1. The van der Waals surface area contributed by atoms with Crippen molar-refractivity contribution in [3.05, 3.63) is 74.8 Å². The van der Waals surface area contributed by atoms with Gasteiger partial charge in [0, 0.05) is 30.2 Å². The highest BCUT2D eigenvalue weighted by molar-refractivity contribution is 7.15. The SMILES string of the molecule is Cc1csc2cc(C(C)Nc3ncnc(N)c3C#N)c(-c3cccc(CN4CCC(N(C)CC(C)C)CC4)c3)c(=O)n12. The Labute approximate surface area is 251 Å². The number of aryl methyl sites for hydroxylation is 1. The maximum Gasteiger partial charge on any atom is 0.264 e. The van der Waals surface area contributed by atoms with Crippen molar-refractivity contribution in [3.63, 3.8) is 0 Å². The molecule has 4 heterocycles. The van der Waals surface area contributed by atoms with Crippen LogP contribution in [0, 0.1) is 24.2 Å². The number of piperidine rings is 1. The van der Waals surface area contributed by atoms with Crippen LogP contribution in [0.3, 0.4) is 0 Å². The summed E-state index contributed by atoms with van der Waals surface area (Å²) < 4.78 is 1.78. The van der Waals surface area contributed by atoms with Crippen molar-refractivity contribution in [1.82, 2.24) is 24.2 Å². The monoisotopic (exact) mass is 584 g/mol. The van der Waals surface area contributed by atoms with Gasteiger partial charge in [0.2, 0.25) is 0 Å². The van der Waals surface area contributed by atoms with E-state index in [0.717, 1.165) is 47.8 Å². The highest BCUT2D eigenvalue weighted by Gasteiger charge is 2.24. The molecule has 1 saturated heterocycles. The summed E-state index contributed by atoms with van der Waals surface area (Å²) in [4.78, 5) is 28.2. The van der Waals surface area contributed by atoms with E-state index in [2.05, 4.69) is 70.2 Å². The normalized spacial score (nSPS) is 15.4. The number of aromatic nitrogens is 3. The number of nitrogens with zero attached hydrogens (tertiary/aromatic N) is 6. The van der Waals surface area contributed by atoms with Gasteiger partial charge in [-0.1, -0.05) is 32.0 Å². The molecule has 1 unspecified atom stereocenters. The van der Waals surface area contributed by atoms with Crippen molar-refractivity contribution in [1.29, 1.82) is 5.26 Å². The molecular weight excluding hydrogens is 544 g/mol. The molecule has 0 spiro atoms. The highest BCUT2D eigenvalue weighted by Crippen LogP contribution is 2.32. The summed E-state index contributed by atoms with van der Waals surface area (Å²) in [6.07, 6.45) is 3.68. The lowest BCUT2D eigenvalue weighted by molar-refractivity contribution is 0.115. The molecule has 9 nitrogen and oxygen atoms in total. The Morgan fingerprint density at radius 3 is 2.69 bits per heavy atom. The summed E-state index contributed by atoms with van der Waals surface area (Å²) in [7, 11) is 2.25. The van der Waals surface area contributed by atoms with Gasteiger partial charge in [0.1, 0.15) is 34.4 Å². The van der Waals surface area contributed by atoms with E-state index in [4.69, 9.17) is 5.73 Å². The molecule has 1 aliphatic heterocycles. The molecule has 220 valence electrons. The zero-order valence-corrected chi connectivity index (χ0v) is 25.9. The molecule has 5 rings (SSSR count). The molecule has 0 radical (unpaired) electrons. The van der Waals surface area contributed by atoms with Gasteiger partial charge < -0.3 is 16.0 Å². The van der Waals surface area contributed by atoms with Crippen LogP contribution in [0.2, 0.25) is 0 Å². The molecule has 3 N–H and O–H groups in total. The van der Waals surface area contributed by atoms with E-state index in [1.165, 1.54) is 36.1 Å². The zero-order chi connectivity index (χ0) is 30.0. The first-order valence-corrected chi connectivity index (χ1v) is 15.5. The van der Waals surface area contributed by atoms with E-state index in [1.807, 2.05) is 31.4 Å². The third-order valence-corrected chi connectivity index (χ3v) is 9.17. The number of rotatable bonds is 9. The lowest BCUT2D eigenvalue weighted by atomic mass is 9.95. The first-order valence-electron chi connectivity index (χ1n) is 14.6. The first kappa shape index (κ1) is 29.7. The second-order valence-electron chi connectivity index (χ2n) is 11.8. The minimum Gasteiger partial charge on any atom is -0.382 e. The van der Waals surface area contributed by atoms with Gasteiger partial charge in [-0.3, -0.25) is 14.1 Å². The largest absolute Gasteiger partial charge is 0.382 e. The third-order valence-electron chi connectivity index (χ3n) is 8.17. The molecule has 3 aromatic heterocycles. The summed E-state index contributed by atoms with van der Waals surface area (Å²) in [6, 6.07) is 12.8. The van der Waals surface area contributed by atoms with Gasteiger partial charge in [0.15, 0.2) is 0 Å². The quantitative estimate of drug-likeness (QED) is 0.272. The zero-order valence-electron chi connectivity index (χ0n) is 25.1. The lowest BCUT2D eigenvalue weighted by Crippen LogP contribution is -2.44. The Morgan fingerprint density at radius 1 is 1.21 bits per heavy atom. The number of thiazole rings is 1. The molecule has 1 aromatic carbocycles. The summed E-state index contributed by atoms with van der Waals surface area (Å²) in [5.74, 6) is 1.14. The number of fused-ring (bicyclic) bond motifs is 1. The Morgan fingerprint density at radius 2 is 1.98 bits per heavy atom. The topological polar surface area (TPSA) is 116 Å². The van der Waals surface area contributed by atoms with Gasteiger partial charge in [-0.2, -0.15) is 5.26 Å². The predicted octanol–water partition coefficient (Wildman–Crippen LogP) is 5.31. The third kappa shape index (κ3) is 6.19. The van der Waals surface area contributed by atoms with E-state index in [-0.39, 0.29) is 23.0 Å². The Kier molecular flexibility index (Phi) is 8.92. The van der Waals surface area contributed by atoms with Crippen molar-refractivity contribution in [2.75, 3.05) is 37.7 Å². The fraction of sp³-hybridized carbons (Fsp3) is 0.438. The average Bonchev–Trinajstić information content (AvgIpc) is 3.34. The second-order valence-corrected chi connectivity index (χ2v) is 12.7. The fourth-order valence-corrected chi connectivity index (χ4v) is 7.01. The molecule has 0 aliphatic carbocycles. The summed E-state index contributed by atoms with van der Waals surface area (Å²) in [6.45, 7) is 12.6. The van der Waals surface area contributed by atoms with Crippen LogP contribution in [0.4, 0.5) is 11.6 Å². The van der Waals surface area contributed by atoms with Crippen LogP contribution in [0.1, 0.15) is 62.0 Å². The van der Waals surface area contributed by atoms with Crippen molar-refractivity contribution in [2.45, 2.75) is 59.2 Å². The minimum atomic E-state index is -0.327. The molecule has 0 saturated carbocycles. The van der Waals surface area contributed by atoms with E-state index in [9.17, 15) is 10.1 Å². The van der Waals surface area contributed by atoms with Crippen LogP contribution in [-0.2, 0) is 6.54 Å². The van der Waals surface area contributed by atoms with Crippen LogP contribution < -0.4 is 16.6 Å². The van der Waals surface area contributed by atoms with E-state index < -0.39 is 0 Å². The molecule has 0 bridgehead atoms. The number of hydrogen-bond donors (Lipinski definition) is 2. The second kappa shape index (κ2) is 12.6. The summed E-state index contributed by atoms with van der Waals surface area (Å²) >= 11 is 1.54. The van der Waals surface area contributed by atoms with Crippen molar-refractivity contribution in [3.8, 4) is 17.2 Å². The van der Waals surface area contributed by atoms with Crippen LogP contribution >= 0.6 is 11.3 Å². The number of pyridine rings is 1. The van der Waals surface area contributed by atoms with E-state index >= 15 is 0 Å². The minimum absolute atomic E-state index is 0.0521. The molecule has 1 aliphatic rings. The smallest absolute Gasteiger partial charge is 0.264 e. The number of anilines is 2. The number of nitriles is 1. The van der Waals surface area contributed by atoms with Crippen molar-refractivity contribution < 1.29 is 0 Å². The Hall–Kier alpha value is -3.78. The molecule has 10 heteroatoms. The Balaban J connectivity index is 1.45.